The molecular weight excluding hydrogens is 390 g/mol. The van der Waals surface area contributed by atoms with Crippen molar-refractivity contribution in [2.75, 3.05) is 26.0 Å². The van der Waals surface area contributed by atoms with Crippen molar-refractivity contribution in [2.24, 2.45) is 0 Å². The Kier molecular flexibility index (Phi) is 7.33. The summed E-state index contributed by atoms with van der Waals surface area (Å²) in [6, 6.07) is 6.75. The standard InChI is InChI=1S/C20H21F4N3O2/c1-12(20(29)27(3)10-13-5-4-6-14(21)9-13)26(2)11-17(28)25-16-8-7-15(22)18(23)19(16)24/h4-9,12H,10-11H2,1-3H3,(H,25,28)/t12-/m1/s1. The van der Waals surface area contributed by atoms with E-state index < -0.39 is 40.9 Å². The number of carbonyl (C=O) groups is 2. The van der Waals surface area contributed by atoms with Crippen LogP contribution in [0.3, 0.4) is 0 Å². The Hall–Kier alpha value is -2.94. The van der Waals surface area contributed by atoms with E-state index in [0.29, 0.717) is 11.6 Å². The Labute approximate surface area is 165 Å². The zero-order chi connectivity index (χ0) is 21.7. The minimum atomic E-state index is -1.68. The van der Waals surface area contributed by atoms with Crippen LogP contribution in [0.5, 0.6) is 0 Å². The van der Waals surface area contributed by atoms with Crippen LogP contribution < -0.4 is 5.32 Å². The van der Waals surface area contributed by atoms with Crippen molar-refractivity contribution in [3.63, 3.8) is 0 Å². The Morgan fingerprint density at radius 3 is 2.38 bits per heavy atom. The van der Waals surface area contributed by atoms with Gasteiger partial charge in [0.15, 0.2) is 17.5 Å². The molecule has 5 nitrogen and oxygen atoms in total. The molecule has 2 aromatic carbocycles. The van der Waals surface area contributed by atoms with Crippen molar-refractivity contribution < 1.29 is 27.2 Å². The number of amides is 2. The van der Waals surface area contributed by atoms with Crippen LogP contribution in [-0.4, -0.2) is 48.3 Å². The van der Waals surface area contributed by atoms with Crippen molar-refractivity contribution in [1.82, 2.24) is 9.80 Å². The smallest absolute Gasteiger partial charge is 0.239 e. The van der Waals surface area contributed by atoms with Crippen LogP contribution in [0.2, 0.25) is 0 Å². The Morgan fingerprint density at radius 1 is 1.03 bits per heavy atom. The monoisotopic (exact) mass is 411 g/mol. The molecule has 0 saturated heterocycles. The summed E-state index contributed by atoms with van der Waals surface area (Å²) in [6.45, 7) is 1.47. The third kappa shape index (κ3) is 5.77. The van der Waals surface area contributed by atoms with E-state index in [9.17, 15) is 27.2 Å². The summed E-state index contributed by atoms with van der Waals surface area (Å²) in [4.78, 5) is 27.5. The molecule has 0 unspecified atom stereocenters. The predicted octanol–water partition coefficient (Wildman–Crippen LogP) is 3.16. The molecule has 0 radical (unpaired) electrons. The first-order valence-electron chi connectivity index (χ1n) is 8.73. The molecule has 2 amide bonds. The molecule has 0 aliphatic heterocycles. The molecular formula is C20H21F4N3O2. The highest BCUT2D eigenvalue weighted by molar-refractivity contribution is 5.93. The topological polar surface area (TPSA) is 52.7 Å². The number of hydrogen-bond donors (Lipinski definition) is 1. The van der Waals surface area contributed by atoms with E-state index in [1.54, 1.807) is 26.1 Å². The molecule has 1 N–H and O–H groups in total. The summed E-state index contributed by atoms with van der Waals surface area (Å²) >= 11 is 0. The molecule has 9 heteroatoms. The van der Waals surface area contributed by atoms with Gasteiger partial charge in [-0.15, -0.1) is 0 Å². The van der Waals surface area contributed by atoms with Crippen molar-refractivity contribution in [3.05, 3.63) is 65.2 Å². The van der Waals surface area contributed by atoms with Gasteiger partial charge in [0.05, 0.1) is 18.3 Å². The van der Waals surface area contributed by atoms with E-state index in [0.717, 1.165) is 6.07 Å². The molecule has 0 aromatic heterocycles. The van der Waals surface area contributed by atoms with Gasteiger partial charge in [-0.25, -0.2) is 17.6 Å². The van der Waals surface area contributed by atoms with Crippen molar-refractivity contribution in [2.45, 2.75) is 19.5 Å². The van der Waals surface area contributed by atoms with Gasteiger partial charge in [-0.2, -0.15) is 0 Å². The zero-order valence-electron chi connectivity index (χ0n) is 16.2. The molecule has 0 spiro atoms. The van der Waals surface area contributed by atoms with E-state index in [1.165, 1.54) is 29.0 Å². The summed E-state index contributed by atoms with van der Waals surface area (Å²) < 4.78 is 53.1. The Balaban J connectivity index is 1.95. The molecule has 0 bridgehead atoms. The van der Waals surface area contributed by atoms with E-state index in [2.05, 4.69) is 5.32 Å². The number of halogens is 4. The van der Waals surface area contributed by atoms with Crippen molar-refractivity contribution >= 4 is 17.5 Å². The summed E-state index contributed by atoms with van der Waals surface area (Å²) in [7, 11) is 3.06. The number of likely N-dealkylation sites (N-methyl/N-ethyl adjacent to an activating group) is 2. The minimum Gasteiger partial charge on any atom is -0.340 e. The summed E-state index contributed by atoms with van der Waals surface area (Å²) in [5, 5.41) is 2.15. The molecule has 0 heterocycles. The SMILES string of the molecule is C[C@H](C(=O)N(C)Cc1cccc(F)c1)N(C)CC(=O)Nc1ccc(F)c(F)c1F. The average molecular weight is 411 g/mol. The van der Waals surface area contributed by atoms with Crippen LogP contribution in [0, 0.1) is 23.3 Å². The number of carbonyl (C=O) groups excluding carboxylic acids is 2. The lowest BCUT2D eigenvalue weighted by Gasteiger charge is -2.28. The van der Waals surface area contributed by atoms with E-state index in [4.69, 9.17) is 0 Å². The molecule has 0 aliphatic rings. The van der Waals surface area contributed by atoms with Gasteiger partial charge in [-0.05, 0) is 43.8 Å². The fraction of sp³-hybridized carbons (Fsp3) is 0.300. The van der Waals surface area contributed by atoms with Crippen molar-refractivity contribution in [1.29, 1.82) is 0 Å². The number of benzene rings is 2. The summed E-state index contributed by atoms with van der Waals surface area (Å²) in [5.74, 6) is -5.97. The number of nitrogens with zero attached hydrogens (tertiary/aromatic N) is 2. The van der Waals surface area contributed by atoms with Gasteiger partial charge < -0.3 is 10.2 Å². The quantitative estimate of drug-likeness (QED) is 0.563. The molecule has 0 saturated carbocycles. The predicted molar refractivity (Wildman–Crippen MR) is 99.9 cm³/mol. The first kappa shape index (κ1) is 22.4. The van der Waals surface area contributed by atoms with Gasteiger partial charge >= 0.3 is 0 Å². The van der Waals surface area contributed by atoms with Crippen LogP contribution in [0.4, 0.5) is 23.2 Å². The number of anilines is 1. The summed E-state index contributed by atoms with van der Waals surface area (Å²) in [6.07, 6.45) is 0. The van der Waals surface area contributed by atoms with Gasteiger partial charge in [-0.3, -0.25) is 14.5 Å². The van der Waals surface area contributed by atoms with Gasteiger partial charge in [0.2, 0.25) is 11.8 Å². The fourth-order valence-corrected chi connectivity index (χ4v) is 2.67. The van der Waals surface area contributed by atoms with Crippen LogP contribution in [-0.2, 0) is 16.1 Å². The molecule has 1 atom stereocenters. The molecule has 2 aromatic rings. The van der Waals surface area contributed by atoms with Crippen LogP contribution in [0.15, 0.2) is 36.4 Å². The van der Waals surface area contributed by atoms with Crippen LogP contribution in [0.1, 0.15) is 12.5 Å². The molecule has 0 aliphatic carbocycles. The maximum Gasteiger partial charge on any atom is 0.239 e. The Bertz CT molecular complexity index is 907. The van der Waals surface area contributed by atoms with E-state index in [1.807, 2.05) is 0 Å². The highest BCUT2D eigenvalue weighted by atomic mass is 19.2. The van der Waals surface area contributed by atoms with E-state index >= 15 is 0 Å². The lowest BCUT2D eigenvalue weighted by Crippen LogP contribution is -2.46. The van der Waals surface area contributed by atoms with Crippen molar-refractivity contribution in [3.8, 4) is 0 Å². The maximum atomic E-state index is 13.7. The average Bonchev–Trinajstić information content (AvgIpc) is 2.67. The highest BCUT2D eigenvalue weighted by Gasteiger charge is 2.24. The lowest BCUT2D eigenvalue weighted by atomic mass is 10.2. The van der Waals surface area contributed by atoms with Crippen LogP contribution in [0.25, 0.3) is 0 Å². The highest BCUT2D eigenvalue weighted by Crippen LogP contribution is 2.19. The van der Waals surface area contributed by atoms with Crippen LogP contribution >= 0.6 is 0 Å². The largest absolute Gasteiger partial charge is 0.340 e. The van der Waals surface area contributed by atoms with Gasteiger partial charge in [-0.1, -0.05) is 12.1 Å². The number of hydrogen-bond acceptors (Lipinski definition) is 3. The lowest BCUT2D eigenvalue weighted by molar-refractivity contribution is -0.135. The maximum absolute atomic E-state index is 13.7. The van der Waals surface area contributed by atoms with Gasteiger partial charge in [0.25, 0.3) is 0 Å². The molecule has 2 rings (SSSR count). The van der Waals surface area contributed by atoms with Gasteiger partial charge in [0.1, 0.15) is 5.82 Å². The first-order chi connectivity index (χ1) is 13.6. The molecule has 156 valence electrons. The number of nitrogens with one attached hydrogen (secondary N) is 1. The molecule has 29 heavy (non-hydrogen) atoms. The first-order valence-corrected chi connectivity index (χ1v) is 8.73. The minimum absolute atomic E-state index is 0.182. The normalized spacial score (nSPS) is 12.0. The second kappa shape index (κ2) is 9.51. The zero-order valence-corrected chi connectivity index (χ0v) is 16.2. The second-order valence-electron chi connectivity index (χ2n) is 6.69. The summed E-state index contributed by atoms with van der Waals surface area (Å²) in [5.41, 5.74) is 0.117. The third-order valence-corrected chi connectivity index (χ3v) is 4.41. The third-order valence-electron chi connectivity index (χ3n) is 4.41. The van der Waals surface area contributed by atoms with E-state index in [-0.39, 0.29) is 19.0 Å². The fourth-order valence-electron chi connectivity index (χ4n) is 2.67. The number of rotatable bonds is 7. The second-order valence-corrected chi connectivity index (χ2v) is 6.69. The molecule has 0 fully saturated rings. The Morgan fingerprint density at radius 2 is 1.72 bits per heavy atom. The van der Waals surface area contributed by atoms with Gasteiger partial charge in [0, 0.05) is 13.6 Å².